The van der Waals surface area contributed by atoms with Crippen LogP contribution in [0.1, 0.15) is 32.1 Å². The van der Waals surface area contributed by atoms with E-state index in [0.717, 1.165) is 11.8 Å². The summed E-state index contributed by atoms with van der Waals surface area (Å²) in [6.07, 6.45) is 7.52. The molecule has 1 aliphatic heterocycles. The number of hydrogen-bond acceptors (Lipinski definition) is 1. The summed E-state index contributed by atoms with van der Waals surface area (Å²) in [7, 11) is 0. The molecule has 0 unspecified atom stereocenters. The minimum atomic E-state index is 1.03. The van der Waals surface area contributed by atoms with Gasteiger partial charge in [0.25, 0.3) is 0 Å². The van der Waals surface area contributed by atoms with Gasteiger partial charge in [-0.1, -0.05) is 19.3 Å². The molecule has 0 aromatic carbocycles. The molecule has 2 fully saturated rings. The maximum atomic E-state index is 3.43. The number of nitrogens with one attached hydrogen (secondary N) is 1. The lowest BCUT2D eigenvalue weighted by Gasteiger charge is -2.27. The van der Waals surface area contributed by atoms with Crippen LogP contribution in [0, 0.1) is 11.8 Å². The van der Waals surface area contributed by atoms with Crippen molar-refractivity contribution in [1.29, 1.82) is 0 Å². The number of hydrogen-bond donors (Lipinski definition) is 1. The predicted molar refractivity (Wildman–Crippen MR) is 42.9 cm³/mol. The van der Waals surface area contributed by atoms with Crippen LogP contribution in [0.4, 0.5) is 0 Å². The van der Waals surface area contributed by atoms with Crippen molar-refractivity contribution in [3.05, 3.63) is 0 Å². The van der Waals surface area contributed by atoms with Gasteiger partial charge in [0.2, 0.25) is 0 Å². The van der Waals surface area contributed by atoms with Crippen molar-refractivity contribution in [3.63, 3.8) is 0 Å². The quantitative estimate of drug-likeness (QED) is 0.615. The lowest BCUT2D eigenvalue weighted by Crippen LogP contribution is -2.17. The summed E-state index contributed by atoms with van der Waals surface area (Å²) in [5, 5.41) is 3.43. The topological polar surface area (TPSA) is 12.0 Å². The first-order chi connectivity index (χ1) is 4.95. The molecule has 0 amide bonds. The molecule has 1 nitrogen and oxygen atoms in total. The Balaban J connectivity index is 1.68. The van der Waals surface area contributed by atoms with Crippen molar-refractivity contribution in [2.45, 2.75) is 32.1 Å². The lowest BCUT2D eigenvalue weighted by atomic mass is 9.79. The summed E-state index contributed by atoms with van der Waals surface area (Å²) in [5.41, 5.74) is 0. The fourth-order valence-electron chi connectivity index (χ4n) is 2.12. The van der Waals surface area contributed by atoms with Crippen LogP contribution in [0.3, 0.4) is 0 Å². The molecule has 0 aromatic heterocycles. The van der Waals surface area contributed by atoms with E-state index >= 15 is 0 Å². The Kier molecular flexibility index (Phi) is 1.94. The van der Waals surface area contributed by atoms with Gasteiger partial charge in [0.05, 0.1) is 0 Å². The highest BCUT2D eigenvalue weighted by molar-refractivity contribution is 4.78. The molecule has 0 aromatic rings. The van der Waals surface area contributed by atoms with Gasteiger partial charge in [-0.2, -0.15) is 0 Å². The molecule has 2 aliphatic rings. The van der Waals surface area contributed by atoms with Crippen molar-refractivity contribution in [1.82, 2.24) is 5.32 Å². The second-order valence-corrected chi connectivity index (χ2v) is 3.89. The van der Waals surface area contributed by atoms with E-state index in [1.54, 1.807) is 0 Å². The minimum absolute atomic E-state index is 1.03. The van der Waals surface area contributed by atoms with Crippen molar-refractivity contribution < 1.29 is 0 Å². The molecule has 0 radical (unpaired) electrons. The Hall–Kier alpha value is -0.0400. The van der Waals surface area contributed by atoms with E-state index < -0.39 is 0 Å². The predicted octanol–water partition coefficient (Wildman–Crippen LogP) is 1.79. The smallest absolute Gasteiger partial charge is 0.00199 e. The third kappa shape index (κ3) is 1.34. The zero-order valence-electron chi connectivity index (χ0n) is 6.60. The maximum Gasteiger partial charge on any atom is -0.00199 e. The second-order valence-electron chi connectivity index (χ2n) is 3.89. The normalized spacial score (nSPS) is 34.2. The standard InChI is InChI=1S/C9H17N/c1-2-8(3-1)6-9-4-5-10-7-9/h8-10H,1-7H2/t9-/m0/s1. The largest absolute Gasteiger partial charge is 0.316 e. The van der Waals surface area contributed by atoms with Crippen LogP contribution in [0.2, 0.25) is 0 Å². The van der Waals surface area contributed by atoms with E-state index in [-0.39, 0.29) is 0 Å². The molecular formula is C9H17N. The Bertz CT molecular complexity index is 101. The summed E-state index contributed by atoms with van der Waals surface area (Å²) >= 11 is 0. The van der Waals surface area contributed by atoms with Crippen molar-refractivity contribution in [3.8, 4) is 0 Å². The Morgan fingerprint density at radius 2 is 2.00 bits per heavy atom. The van der Waals surface area contributed by atoms with Crippen LogP contribution in [0.15, 0.2) is 0 Å². The van der Waals surface area contributed by atoms with E-state index in [1.807, 2.05) is 0 Å². The fraction of sp³-hybridized carbons (Fsp3) is 1.00. The van der Waals surface area contributed by atoms with Crippen molar-refractivity contribution >= 4 is 0 Å². The van der Waals surface area contributed by atoms with Gasteiger partial charge in [0.1, 0.15) is 0 Å². The SMILES string of the molecule is C1CC(C[C@@H]2CCNC2)C1. The second kappa shape index (κ2) is 2.91. The van der Waals surface area contributed by atoms with Crippen LogP contribution in [-0.2, 0) is 0 Å². The third-order valence-electron chi connectivity index (χ3n) is 3.05. The summed E-state index contributed by atoms with van der Waals surface area (Å²) < 4.78 is 0. The molecule has 1 saturated heterocycles. The Morgan fingerprint density at radius 3 is 2.50 bits per heavy atom. The maximum absolute atomic E-state index is 3.43. The van der Waals surface area contributed by atoms with Crippen LogP contribution in [0.25, 0.3) is 0 Å². The minimum Gasteiger partial charge on any atom is -0.316 e. The van der Waals surface area contributed by atoms with Gasteiger partial charge in [0.15, 0.2) is 0 Å². The molecule has 2 rings (SSSR count). The monoisotopic (exact) mass is 139 g/mol. The lowest BCUT2D eigenvalue weighted by molar-refractivity contribution is 0.256. The van der Waals surface area contributed by atoms with Crippen LogP contribution < -0.4 is 5.32 Å². The average Bonchev–Trinajstić information content (AvgIpc) is 2.29. The van der Waals surface area contributed by atoms with Gasteiger partial charge in [-0.05, 0) is 37.8 Å². The first-order valence-electron chi connectivity index (χ1n) is 4.66. The average molecular weight is 139 g/mol. The molecule has 1 atom stereocenters. The summed E-state index contributed by atoms with van der Waals surface area (Å²) in [6, 6.07) is 0. The van der Waals surface area contributed by atoms with Gasteiger partial charge < -0.3 is 5.32 Å². The summed E-state index contributed by atoms with van der Waals surface area (Å²) in [6.45, 7) is 2.58. The zero-order chi connectivity index (χ0) is 6.81. The molecular weight excluding hydrogens is 122 g/mol. The third-order valence-corrected chi connectivity index (χ3v) is 3.05. The van der Waals surface area contributed by atoms with Crippen LogP contribution in [0.5, 0.6) is 0 Å². The van der Waals surface area contributed by atoms with E-state index in [2.05, 4.69) is 5.32 Å². The van der Waals surface area contributed by atoms with Gasteiger partial charge in [-0.15, -0.1) is 0 Å². The number of rotatable bonds is 2. The highest BCUT2D eigenvalue weighted by Crippen LogP contribution is 2.33. The van der Waals surface area contributed by atoms with Crippen molar-refractivity contribution in [2.75, 3.05) is 13.1 Å². The highest BCUT2D eigenvalue weighted by atomic mass is 14.9. The van der Waals surface area contributed by atoms with E-state index in [9.17, 15) is 0 Å². The molecule has 1 N–H and O–H groups in total. The van der Waals surface area contributed by atoms with Crippen LogP contribution in [-0.4, -0.2) is 13.1 Å². The molecule has 0 spiro atoms. The van der Waals surface area contributed by atoms with Crippen LogP contribution >= 0.6 is 0 Å². The molecule has 1 heteroatoms. The molecule has 58 valence electrons. The van der Waals surface area contributed by atoms with Gasteiger partial charge >= 0.3 is 0 Å². The highest BCUT2D eigenvalue weighted by Gasteiger charge is 2.23. The fourth-order valence-corrected chi connectivity index (χ4v) is 2.12. The van der Waals surface area contributed by atoms with Gasteiger partial charge in [0, 0.05) is 0 Å². The molecule has 10 heavy (non-hydrogen) atoms. The van der Waals surface area contributed by atoms with E-state index in [4.69, 9.17) is 0 Å². The first-order valence-corrected chi connectivity index (χ1v) is 4.66. The Labute approximate surface area is 63.2 Å². The van der Waals surface area contributed by atoms with E-state index in [0.29, 0.717) is 0 Å². The molecule has 1 saturated carbocycles. The Morgan fingerprint density at radius 1 is 1.10 bits per heavy atom. The first kappa shape index (κ1) is 6.66. The summed E-state index contributed by atoms with van der Waals surface area (Å²) in [4.78, 5) is 0. The van der Waals surface area contributed by atoms with Gasteiger partial charge in [-0.3, -0.25) is 0 Å². The zero-order valence-corrected chi connectivity index (χ0v) is 6.60. The molecule has 0 bridgehead atoms. The summed E-state index contributed by atoms with van der Waals surface area (Å²) in [5.74, 6) is 2.15. The molecule has 1 heterocycles. The van der Waals surface area contributed by atoms with Gasteiger partial charge in [-0.25, -0.2) is 0 Å². The van der Waals surface area contributed by atoms with Crippen molar-refractivity contribution in [2.24, 2.45) is 11.8 Å². The molecule has 1 aliphatic carbocycles. The van der Waals surface area contributed by atoms with E-state index in [1.165, 1.54) is 45.2 Å².